The quantitative estimate of drug-likeness (QED) is 0.351. The molecule has 1 rings (SSSR count). The van der Waals surface area contributed by atoms with Gasteiger partial charge in [0.2, 0.25) is 0 Å². The standard InChI is InChI=1S/C10H17N5O3/c1-3-18-10(16)5-12-7-4-8(15-11)14-9(13-7)6-17-2/h4H,3,5-6,11H2,1-2H3,(H2,12,13,14,15). The first-order valence-corrected chi connectivity index (χ1v) is 5.42. The van der Waals surface area contributed by atoms with Gasteiger partial charge in [-0.15, -0.1) is 0 Å². The number of hydrogen-bond acceptors (Lipinski definition) is 8. The predicted molar refractivity (Wildman–Crippen MR) is 65.7 cm³/mol. The number of hydrogen-bond donors (Lipinski definition) is 3. The number of nitrogens with two attached hydrogens (primary N) is 1. The molecule has 1 aromatic heterocycles. The minimum absolute atomic E-state index is 0.0291. The molecule has 0 aliphatic heterocycles. The largest absolute Gasteiger partial charge is 0.465 e. The number of carbonyl (C=O) groups excluding carboxylic acids is 1. The lowest BCUT2D eigenvalue weighted by molar-refractivity contribution is -0.140. The van der Waals surface area contributed by atoms with E-state index in [-0.39, 0.29) is 19.1 Å². The number of ether oxygens (including phenoxy) is 2. The fourth-order valence-electron chi connectivity index (χ4n) is 1.23. The number of methoxy groups -OCH3 is 1. The van der Waals surface area contributed by atoms with E-state index in [4.69, 9.17) is 15.3 Å². The molecule has 0 spiro atoms. The first-order chi connectivity index (χ1) is 8.69. The lowest BCUT2D eigenvalue weighted by atomic mass is 10.4. The number of nitrogens with zero attached hydrogens (tertiary/aromatic N) is 2. The summed E-state index contributed by atoms with van der Waals surface area (Å²) in [6, 6.07) is 1.58. The molecular weight excluding hydrogens is 238 g/mol. The van der Waals surface area contributed by atoms with Gasteiger partial charge in [-0.1, -0.05) is 0 Å². The lowest BCUT2D eigenvalue weighted by Crippen LogP contribution is -2.18. The second kappa shape index (κ2) is 7.41. The highest BCUT2D eigenvalue weighted by Gasteiger charge is 2.06. The van der Waals surface area contributed by atoms with Crippen LogP contribution < -0.4 is 16.6 Å². The third-order valence-corrected chi connectivity index (χ3v) is 1.91. The van der Waals surface area contributed by atoms with Gasteiger partial charge in [-0.2, -0.15) is 0 Å². The predicted octanol–water partition coefficient (Wildman–Crippen LogP) is -0.116. The lowest BCUT2D eigenvalue weighted by Gasteiger charge is -2.09. The molecule has 0 radical (unpaired) electrons. The molecule has 0 aromatic carbocycles. The molecule has 0 atom stereocenters. The average Bonchev–Trinajstić information content (AvgIpc) is 2.37. The van der Waals surface area contributed by atoms with Crippen molar-refractivity contribution in [1.82, 2.24) is 9.97 Å². The first kappa shape index (κ1) is 14.1. The Morgan fingerprint density at radius 2 is 2.17 bits per heavy atom. The number of carbonyl (C=O) groups is 1. The van der Waals surface area contributed by atoms with Gasteiger partial charge in [0.05, 0.1) is 6.61 Å². The van der Waals surface area contributed by atoms with Gasteiger partial charge in [-0.25, -0.2) is 15.8 Å². The van der Waals surface area contributed by atoms with Crippen molar-refractivity contribution in [2.75, 3.05) is 31.0 Å². The van der Waals surface area contributed by atoms with Crippen molar-refractivity contribution in [3.8, 4) is 0 Å². The third kappa shape index (κ3) is 4.52. The van der Waals surface area contributed by atoms with Crippen molar-refractivity contribution in [3.63, 3.8) is 0 Å². The van der Waals surface area contributed by atoms with Crippen LogP contribution in [0.3, 0.4) is 0 Å². The van der Waals surface area contributed by atoms with Gasteiger partial charge in [0.25, 0.3) is 0 Å². The van der Waals surface area contributed by atoms with Crippen molar-refractivity contribution < 1.29 is 14.3 Å². The van der Waals surface area contributed by atoms with Crippen LogP contribution in [-0.4, -0.2) is 36.2 Å². The number of nitrogens with one attached hydrogen (secondary N) is 2. The van der Waals surface area contributed by atoms with Gasteiger partial charge in [0.15, 0.2) is 5.82 Å². The van der Waals surface area contributed by atoms with Crippen LogP contribution in [-0.2, 0) is 20.9 Å². The van der Waals surface area contributed by atoms with E-state index in [0.29, 0.717) is 24.1 Å². The van der Waals surface area contributed by atoms with Gasteiger partial charge >= 0.3 is 5.97 Å². The Bertz CT molecular complexity index is 399. The minimum Gasteiger partial charge on any atom is -0.465 e. The Kier molecular flexibility index (Phi) is 5.81. The van der Waals surface area contributed by atoms with Gasteiger partial charge in [-0.3, -0.25) is 4.79 Å². The molecule has 1 aromatic rings. The summed E-state index contributed by atoms with van der Waals surface area (Å²) in [5, 5.41) is 2.83. The molecule has 0 aliphatic rings. The van der Waals surface area contributed by atoms with Crippen molar-refractivity contribution in [1.29, 1.82) is 0 Å². The van der Waals surface area contributed by atoms with E-state index in [9.17, 15) is 4.79 Å². The fraction of sp³-hybridized carbons (Fsp3) is 0.500. The molecule has 0 saturated carbocycles. The number of anilines is 2. The number of rotatable bonds is 7. The summed E-state index contributed by atoms with van der Waals surface area (Å²) in [4.78, 5) is 19.4. The fourth-order valence-corrected chi connectivity index (χ4v) is 1.23. The van der Waals surface area contributed by atoms with Gasteiger partial charge in [-0.05, 0) is 6.92 Å². The second-order valence-corrected chi connectivity index (χ2v) is 3.29. The highest BCUT2D eigenvalue weighted by Crippen LogP contribution is 2.10. The summed E-state index contributed by atoms with van der Waals surface area (Å²) in [7, 11) is 1.54. The molecule has 4 N–H and O–H groups in total. The van der Waals surface area contributed by atoms with Crippen LogP contribution >= 0.6 is 0 Å². The molecule has 0 saturated heterocycles. The summed E-state index contributed by atoms with van der Waals surface area (Å²) in [6.45, 7) is 2.37. The highest BCUT2D eigenvalue weighted by atomic mass is 16.5. The summed E-state index contributed by atoms with van der Waals surface area (Å²) in [5.41, 5.74) is 2.42. The number of aromatic nitrogens is 2. The molecule has 1 heterocycles. The SMILES string of the molecule is CCOC(=O)CNc1cc(NN)nc(COC)n1. The molecule has 18 heavy (non-hydrogen) atoms. The molecule has 8 heteroatoms. The van der Waals surface area contributed by atoms with E-state index in [0.717, 1.165) is 0 Å². The topological polar surface area (TPSA) is 111 Å². The van der Waals surface area contributed by atoms with E-state index in [1.807, 2.05) is 0 Å². The van der Waals surface area contributed by atoms with Crippen LogP contribution in [0.1, 0.15) is 12.7 Å². The summed E-state index contributed by atoms with van der Waals surface area (Å²) in [5.74, 6) is 6.29. The van der Waals surface area contributed by atoms with Crippen LogP contribution in [0, 0.1) is 0 Å². The summed E-state index contributed by atoms with van der Waals surface area (Å²) in [6.07, 6.45) is 0. The smallest absolute Gasteiger partial charge is 0.325 e. The van der Waals surface area contributed by atoms with Crippen LogP contribution in [0.5, 0.6) is 0 Å². The van der Waals surface area contributed by atoms with E-state index in [1.165, 1.54) is 7.11 Å². The van der Waals surface area contributed by atoms with Crippen molar-refractivity contribution >= 4 is 17.6 Å². The summed E-state index contributed by atoms with van der Waals surface area (Å²) >= 11 is 0. The maximum absolute atomic E-state index is 11.2. The zero-order chi connectivity index (χ0) is 13.4. The van der Waals surface area contributed by atoms with Crippen LogP contribution in [0.4, 0.5) is 11.6 Å². The Hall–Kier alpha value is -1.93. The van der Waals surface area contributed by atoms with E-state index < -0.39 is 0 Å². The molecule has 0 amide bonds. The Morgan fingerprint density at radius 1 is 1.44 bits per heavy atom. The van der Waals surface area contributed by atoms with Gasteiger partial charge in [0.1, 0.15) is 24.8 Å². The molecule has 0 aliphatic carbocycles. The Balaban J connectivity index is 2.68. The Labute approximate surface area is 105 Å². The molecule has 8 nitrogen and oxygen atoms in total. The average molecular weight is 255 g/mol. The van der Waals surface area contributed by atoms with Gasteiger partial charge in [0, 0.05) is 13.2 Å². The van der Waals surface area contributed by atoms with E-state index in [1.54, 1.807) is 13.0 Å². The Morgan fingerprint density at radius 3 is 2.78 bits per heavy atom. The molecule has 0 bridgehead atoms. The minimum atomic E-state index is -0.355. The monoisotopic (exact) mass is 255 g/mol. The zero-order valence-electron chi connectivity index (χ0n) is 10.4. The normalized spacial score (nSPS) is 9.94. The molecule has 0 fully saturated rings. The van der Waals surface area contributed by atoms with Crippen LogP contribution in [0.15, 0.2) is 6.07 Å². The van der Waals surface area contributed by atoms with Crippen molar-refractivity contribution in [2.24, 2.45) is 5.84 Å². The van der Waals surface area contributed by atoms with E-state index in [2.05, 4.69) is 20.7 Å². The van der Waals surface area contributed by atoms with Crippen LogP contribution in [0.25, 0.3) is 0 Å². The van der Waals surface area contributed by atoms with E-state index >= 15 is 0 Å². The van der Waals surface area contributed by atoms with Gasteiger partial charge < -0.3 is 20.2 Å². The van der Waals surface area contributed by atoms with Crippen molar-refractivity contribution in [2.45, 2.75) is 13.5 Å². The maximum atomic E-state index is 11.2. The number of esters is 1. The number of nitrogen functional groups attached to an aromatic ring is 1. The number of hydrazine groups is 1. The van der Waals surface area contributed by atoms with Crippen LogP contribution in [0.2, 0.25) is 0 Å². The molecule has 0 unspecified atom stereocenters. The van der Waals surface area contributed by atoms with Crippen molar-refractivity contribution in [3.05, 3.63) is 11.9 Å². The highest BCUT2D eigenvalue weighted by molar-refractivity contribution is 5.74. The second-order valence-electron chi connectivity index (χ2n) is 3.29. The first-order valence-electron chi connectivity index (χ1n) is 5.42. The molecule has 100 valence electrons. The zero-order valence-corrected chi connectivity index (χ0v) is 10.4. The maximum Gasteiger partial charge on any atom is 0.325 e. The third-order valence-electron chi connectivity index (χ3n) is 1.91. The summed E-state index contributed by atoms with van der Waals surface area (Å²) < 4.78 is 9.72. The molecular formula is C10H17N5O3.